The van der Waals surface area contributed by atoms with Gasteiger partial charge in [-0.3, -0.25) is 0 Å². The largest absolute Gasteiger partial charge is 0.492 e. The molecule has 0 aromatic heterocycles. The lowest BCUT2D eigenvalue weighted by molar-refractivity contribution is -0.150. The van der Waals surface area contributed by atoms with E-state index in [4.69, 9.17) is 14.2 Å². The Hall–Kier alpha value is -3.38. The summed E-state index contributed by atoms with van der Waals surface area (Å²) < 4.78 is 66.8. The van der Waals surface area contributed by atoms with Crippen LogP contribution in [0.15, 0.2) is 48.5 Å². The first-order chi connectivity index (χ1) is 17.6. The quantitative estimate of drug-likeness (QED) is 0.267. The first-order valence-corrected chi connectivity index (χ1v) is 11.5. The van der Waals surface area contributed by atoms with Crippen molar-refractivity contribution in [2.75, 3.05) is 39.5 Å². The molecule has 2 aromatic rings. The number of carbonyl (C=O) groups excluding carboxylic acids is 1. The lowest BCUT2D eigenvalue weighted by atomic mass is 10.1. The van der Waals surface area contributed by atoms with Crippen molar-refractivity contribution in [2.24, 2.45) is 0 Å². The highest BCUT2D eigenvalue weighted by Gasteiger charge is 2.28. The van der Waals surface area contributed by atoms with Gasteiger partial charge in [0.25, 0.3) is 0 Å². The maximum Gasteiger partial charge on any atom is 0.405 e. The Labute approximate surface area is 212 Å². The fourth-order valence-electron chi connectivity index (χ4n) is 3.18. The van der Waals surface area contributed by atoms with Gasteiger partial charge in [-0.15, -0.1) is 0 Å². The number of amides is 2. The second-order valence-electron chi connectivity index (χ2n) is 7.92. The number of rotatable bonds is 15. The third-order valence-corrected chi connectivity index (χ3v) is 5.03. The normalized spacial score (nSPS) is 12.1. The van der Waals surface area contributed by atoms with Crippen molar-refractivity contribution >= 4 is 12.0 Å². The van der Waals surface area contributed by atoms with Crippen LogP contribution in [-0.4, -0.2) is 73.7 Å². The molecule has 8 nitrogen and oxygen atoms in total. The van der Waals surface area contributed by atoms with E-state index in [9.17, 15) is 32.3 Å². The molecule has 2 N–H and O–H groups in total. The molecule has 0 saturated carbocycles. The molecule has 0 aliphatic heterocycles. The number of carboxylic acids is 1. The van der Waals surface area contributed by atoms with Gasteiger partial charge in [-0.2, -0.15) is 13.2 Å². The lowest BCUT2D eigenvalue weighted by Gasteiger charge is -2.23. The van der Waals surface area contributed by atoms with Crippen LogP contribution in [0.1, 0.15) is 18.1 Å². The number of nitrogens with one attached hydrogen (secondary N) is 1. The molecule has 0 saturated heterocycles. The van der Waals surface area contributed by atoms with E-state index in [1.54, 1.807) is 43.3 Å². The van der Waals surface area contributed by atoms with Crippen LogP contribution in [0.25, 0.3) is 0 Å². The van der Waals surface area contributed by atoms with Gasteiger partial charge >= 0.3 is 18.2 Å². The highest BCUT2D eigenvalue weighted by molar-refractivity contribution is 5.74. The summed E-state index contributed by atoms with van der Waals surface area (Å²) in [5.74, 6) is -1.01. The minimum atomic E-state index is -4.56. The fourth-order valence-corrected chi connectivity index (χ4v) is 3.18. The predicted octanol–water partition coefficient (Wildman–Crippen LogP) is 4.03. The zero-order valence-electron chi connectivity index (χ0n) is 20.3. The van der Waals surface area contributed by atoms with Gasteiger partial charge in [-0.25, -0.2) is 14.0 Å². The van der Waals surface area contributed by atoms with Gasteiger partial charge in [0.05, 0.1) is 19.8 Å². The fraction of sp³-hybridized carbons (Fsp3) is 0.440. The number of hydrogen-bond acceptors (Lipinski definition) is 5. The van der Waals surface area contributed by atoms with Gasteiger partial charge in [0.2, 0.25) is 0 Å². The first-order valence-electron chi connectivity index (χ1n) is 11.5. The summed E-state index contributed by atoms with van der Waals surface area (Å²) in [6.07, 6.45) is -5.35. The minimum Gasteiger partial charge on any atom is -0.492 e. The molecule has 1 unspecified atom stereocenters. The second-order valence-corrected chi connectivity index (χ2v) is 7.92. The summed E-state index contributed by atoms with van der Waals surface area (Å²) in [6.45, 7) is 0.661. The average Bonchev–Trinajstić information content (AvgIpc) is 2.85. The van der Waals surface area contributed by atoms with Crippen molar-refractivity contribution in [2.45, 2.75) is 32.2 Å². The molecule has 204 valence electrons. The van der Waals surface area contributed by atoms with Gasteiger partial charge in [0.15, 0.2) is 6.10 Å². The van der Waals surface area contributed by atoms with Crippen molar-refractivity contribution in [3.05, 3.63) is 65.5 Å². The van der Waals surface area contributed by atoms with Crippen molar-refractivity contribution in [3.8, 4) is 5.75 Å². The van der Waals surface area contributed by atoms with Crippen LogP contribution in [0.2, 0.25) is 0 Å². The van der Waals surface area contributed by atoms with Crippen molar-refractivity contribution in [3.63, 3.8) is 0 Å². The Bertz CT molecular complexity index is 971. The van der Waals surface area contributed by atoms with Crippen molar-refractivity contribution in [1.82, 2.24) is 10.2 Å². The molecule has 0 bridgehead atoms. The minimum absolute atomic E-state index is 0.00118. The SMILES string of the molecule is CCOC(Cc1ccc(OCCN(CCOCc2ccc(F)cc2)C(=O)NCC(F)(F)F)cc1)C(=O)O. The Morgan fingerprint density at radius 1 is 1.00 bits per heavy atom. The van der Waals surface area contributed by atoms with Gasteiger partial charge < -0.3 is 29.5 Å². The van der Waals surface area contributed by atoms with E-state index in [1.807, 2.05) is 5.32 Å². The molecule has 0 heterocycles. The van der Waals surface area contributed by atoms with Gasteiger partial charge in [0.1, 0.15) is 24.7 Å². The Kier molecular flexibility index (Phi) is 12.1. The third-order valence-electron chi connectivity index (χ3n) is 5.03. The molecule has 2 rings (SSSR count). The molecule has 37 heavy (non-hydrogen) atoms. The number of carboxylic acid groups (broad SMARTS) is 1. The molecule has 0 fully saturated rings. The summed E-state index contributed by atoms with van der Waals surface area (Å²) in [5, 5.41) is 11.0. The van der Waals surface area contributed by atoms with E-state index in [0.717, 1.165) is 10.5 Å². The standard InChI is InChI=1S/C25H30F4N2O6/c1-2-36-22(23(32)33)15-18-5-9-21(10-6-18)37-14-12-31(24(34)30-17-25(27,28)29)11-13-35-16-19-3-7-20(26)8-4-19/h3-10,22H,2,11-17H2,1H3,(H,30,34)(H,32,33). The van der Waals surface area contributed by atoms with Crippen molar-refractivity contribution < 1.29 is 46.5 Å². The number of halogens is 4. The van der Waals surface area contributed by atoms with Crippen LogP contribution in [0.4, 0.5) is 22.4 Å². The van der Waals surface area contributed by atoms with E-state index >= 15 is 0 Å². The Morgan fingerprint density at radius 2 is 1.62 bits per heavy atom. The van der Waals surface area contributed by atoms with E-state index in [0.29, 0.717) is 11.3 Å². The van der Waals surface area contributed by atoms with E-state index in [2.05, 4.69) is 0 Å². The molecule has 1 atom stereocenters. The number of aliphatic carboxylic acids is 1. The zero-order valence-corrected chi connectivity index (χ0v) is 20.3. The van der Waals surface area contributed by atoms with Crippen LogP contribution in [-0.2, 0) is 27.3 Å². The molecule has 0 aliphatic rings. The van der Waals surface area contributed by atoms with E-state index in [-0.39, 0.29) is 51.8 Å². The summed E-state index contributed by atoms with van der Waals surface area (Å²) in [7, 11) is 0. The molecular formula is C25H30F4N2O6. The summed E-state index contributed by atoms with van der Waals surface area (Å²) >= 11 is 0. The van der Waals surface area contributed by atoms with Gasteiger partial charge in [-0.1, -0.05) is 24.3 Å². The number of hydrogen-bond donors (Lipinski definition) is 2. The third kappa shape index (κ3) is 11.9. The summed E-state index contributed by atoms with van der Waals surface area (Å²) in [6, 6.07) is 11.3. The Morgan fingerprint density at radius 3 is 2.22 bits per heavy atom. The molecule has 0 aliphatic carbocycles. The van der Waals surface area contributed by atoms with Crippen LogP contribution in [0.3, 0.4) is 0 Å². The molecule has 0 spiro atoms. The average molecular weight is 531 g/mol. The summed E-state index contributed by atoms with van der Waals surface area (Å²) in [4.78, 5) is 24.7. The smallest absolute Gasteiger partial charge is 0.405 e. The number of carbonyl (C=O) groups is 2. The van der Waals surface area contributed by atoms with Gasteiger partial charge in [-0.05, 0) is 42.3 Å². The lowest BCUT2D eigenvalue weighted by Crippen LogP contribution is -2.46. The van der Waals surface area contributed by atoms with Crippen LogP contribution in [0, 0.1) is 5.82 Å². The molecule has 12 heteroatoms. The first kappa shape index (κ1) is 29.8. The number of alkyl halides is 3. The molecule has 0 radical (unpaired) electrons. The number of benzene rings is 2. The molecule has 2 amide bonds. The number of ether oxygens (including phenoxy) is 3. The number of nitrogens with zero attached hydrogens (tertiary/aromatic N) is 1. The highest BCUT2D eigenvalue weighted by atomic mass is 19.4. The topological polar surface area (TPSA) is 97.3 Å². The number of urea groups is 1. The highest BCUT2D eigenvalue weighted by Crippen LogP contribution is 2.15. The van der Waals surface area contributed by atoms with Crippen LogP contribution in [0.5, 0.6) is 5.75 Å². The molecule has 2 aromatic carbocycles. The van der Waals surface area contributed by atoms with E-state index < -0.39 is 30.8 Å². The predicted molar refractivity (Wildman–Crippen MR) is 126 cm³/mol. The Balaban J connectivity index is 1.86. The summed E-state index contributed by atoms with van der Waals surface area (Å²) in [5.41, 5.74) is 1.43. The van der Waals surface area contributed by atoms with Crippen LogP contribution < -0.4 is 10.1 Å². The zero-order chi connectivity index (χ0) is 27.3. The van der Waals surface area contributed by atoms with Crippen LogP contribution >= 0.6 is 0 Å². The monoisotopic (exact) mass is 530 g/mol. The molecular weight excluding hydrogens is 500 g/mol. The van der Waals surface area contributed by atoms with Gasteiger partial charge in [0, 0.05) is 19.6 Å². The second kappa shape index (κ2) is 15.0. The van der Waals surface area contributed by atoms with Crippen molar-refractivity contribution in [1.29, 1.82) is 0 Å². The maximum absolute atomic E-state index is 13.0. The van der Waals surface area contributed by atoms with E-state index in [1.165, 1.54) is 12.1 Å². The maximum atomic E-state index is 13.0.